The summed E-state index contributed by atoms with van der Waals surface area (Å²) in [5, 5.41) is 3.16. The molecule has 0 bridgehead atoms. The van der Waals surface area contributed by atoms with Crippen LogP contribution in [0.4, 0.5) is 0 Å². The van der Waals surface area contributed by atoms with Crippen molar-refractivity contribution in [2.75, 3.05) is 40.3 Å². The van der Waals surface area contributed by atoms with Gasteiger partial charge in [0.05, 0.1) is 0 Å². The van der Waals surface area contributed by atoms with Crippen molar-refractivity contribution in [1.29, 1.82) is 0 Å². The van der Waals surface area contributed by atoms with Crippen molar-refractivity contribution >= 4 is 5.91 Å². The van der Waals surface area contributed by atoms with Crippen LogP contribution in [0.5, 0.6) is 0 Å². The van der Waals surface area contributed by atoms with Crippen LogP contribution < -0.4 is 11.1 Å². The van der Waals surface area contributed by atoms with Crippen molar-refractivity contribution in [1.82, 2.24) is 15.1 Å². The Bertz CT molecular complexity index is 336. The summed E-state index contributed by atoms with van der Waals surface area (Å²) in [6.45, 7) is 6.14. The smallest absolute Gasteiger partial charge is 0.223 e. The molecule has 4 atom stereocenters. The van der Waals surface area contributed by atoms with Crippen molar-refractivity contribution in [2.45, 2.75) is 38.3 Å². The first kappa shape index (κ1) is 15.7. The highest BCUT2D eigenvalue weighted by Crippen LogP contribution is 2.28. The molecule has 5 nitrogen and oxygen atoms in total. The number of carbonyl (C=O) groups is 1. The fourth-order valence-electron chi connectivity index (χ4n) is 3.34. The maximum atomic E-state index is 12.3. The molecule has 5 heteroatoms. The zero-order valence-electron chi connectivity index (χ0n) is 13.1. The van der Waals surface area contributed by atoms with Gasteiger partial charge >= 0.3 is 0 Å². The number of carbonyl (C=O) groups excluding carboxylic acids is 1. The molecule has 0 radical (unpaired) electrons. The van der Waals surface area contributed by atoms with E-state index in [1.165, 1.54) is 0 Å². The zero-order chi connectivity index (χ0) is 14.7. The van der Waals surface area contributed by atoms with Crippen molar-refractivity contribution in [3.63, 3.8) is 0 Å². The van der Waals surface area contributed by atoms with Gasteiger partial charge < -0.3 is 16.0 Å². The molecule has 1 saturated carbocycles. The van der Waals surface area contributed by atoms with E-state index >= 15 is 0 Å². The molecular formula is C15H30N4O. The van der Waals surface area contributed by atoms with E-state index in [-0.39, 0.29) is 17.9 Å². The van der Waals surface area contributed by atoms with Crippen molar-refractivity contribution < 1.29 is 4.79 Å². The van der Waals surface area contributed by atoms with Crippen molar-refractivity contribution in [3.05, 3.63) is 0 Å². The standard InChI is InChI=1S/C15H30N4O/c1-11-8-12(4-5-14(11)16)15(20)17-9-13-10-18(2)6-7-19(13)3/h11-14H,4-10,16H2,1-3H3,(H,17,20). The molecule has 0 spiro atoms. The lowest BCUT2D eigenvalue weighted by molar-refractivity contribution is -0.126. The third-order valence-electron chi connectivity index (χ3n) is 5.10. The molecule has 2 rings (SSSR count). The largest absolute Gasteiger partial charge is 0.354 e. The summed E-state index contributed by atoms with van der Waals surface area (Å²) in [6, 6.07) is 0.707. The number of hydrogen-bond acceptors (Lipinski definition) is 4. The van der Waals surface area contributed by atoms with Crippen molar-refractivity contribution in [3.8, 4) is 0 Å². The first-order chi connectivity index (χ1) is 9.47. The lowest BCUT2D eigenvalue weighted by atomic mass is 9.79. The van der Waals surface area contributed by atoms with Crippen LogP contribution in [0.25, 0.3) is 0 Å². The van der Waals surface area contributed by atoms with Crippen LogP contribution in [0.1, 0.15) is 26.2 Å². The minimum absolute atomic E-state index is 0.163. The molecule has 2 fully saturated rings. The number of nitrogens with one attached hydrogen (secondary N) is 1. The van der Waals surface area contributed by atoms with Gasteiger partial charge in [-0.15, -0.1) is 0 Å². The molecule has 1 aliphatic carbocycles. The second-order valence-corrected chi connectivity index (χ2v) is 6.79. The molecule has 20 heavy (non-hydrogen) atoms. The van der Waals surface area contributed by atoms with Crippen LogP contribution in [-0.2, 0) is 4.79 Å². The van der Waals surface area contributed by atoms with Crippen LogP contribution in [0.15, 0.2) is 0 Å². The molecule has 116 valence electrons. The van der Waals surface area contributed by atoms with E-state index in [4.69, 9.17) is 5.73 Å². The number of piperazine rings is 1. The van der Waals surface area contributed by atoms with Gasteiger partial charge in [0.25, 0.3) is 0 Å². The number of rotatable bonds is 3. The van der Waals surface area contributed by atoms with Gasteiger partial charge in [0, 0.05) is 44.2 Å². The normalized spacial score (nSPS) is 36.8. The van der Waals surface area contributed by atoms with Crippen LogP contribution in [-0.4, -0.2) is 68.1 Å². The molecule has 1 amide bonds. The molecule has 0 aromatic carbocycles. The Morgan fingerprint density at radius 3 is 2.75 bits per heavy atom. The van der Waals surface area contributed by atoms with E-state index in [0.717, 1.165) is 45.4 Å². The fraction of sp³-hybridized carbons (Fsp3) is 0.933. The van der Waals surface area contributed by atoms with E-state index in [0.29, 0.717) is 12.0 Å². The third-order valence-corrected chi connectivity index (χ3v) is 5.10. The quantitative estimate of drug-likeness (QED) is 0.771. The Morgan fingerprint density at radius 2 is 2.05 bits per heavy atom. The zero-order valence-corrected chi connectivity index (χ0v) is 13.1. The van der Waals surface area contributed by atoms with Gasteiger partial charge in [-0.25, -0.2) is 0 Å². The average Bonchev–Trinajstić information content (AvgIpc) is 2.42. The number of amides is 1. The first-order valence-electron chi connectivity index (χ1n) is 7.89. The Balaban J connectivity index is 1.77. The Morgan fingerprint density at radius 1 is 1.30 bits per heavy atom. The third kappa shape index (κ3) is 3.93. The molecule has 1 heterocycles. The average molecular weight is 282 g/mol. The molecule has 2 aliphatic rings. The monoisotopic (exact) mass is 282 g/mol. The number of likely N-dealkylation sites (N-methyl/N-ethyl adjacent to an activating group) is 2. The topological polar surface area (TPSA) is 61.6 Å². The minimum Gasteiger partial charge on any atom is -0.354 e. The lowest BCUT2D eigenvalue weighted by Gasteiger charge is -2.38. The Hall–Kier alpha value is -0.650. The van der Waals surface area contributed by atoms with Crippen molar-refractivity contribution in [2.24, 2.45) is 17.6 Å². The number of nitrogens with two attached hydrogens (primary N) is 1. The molecule has 3 N–H and O–H groups in total. The molecule has 4 unspecified atom stereocenters. The maximum absolute atomic E-state index is 12.3. The van der Waals surface area contributed by atoms with Crippen LogP contribution >= 0.6 is 0 Å². The summed E-state index contributed by atoms with van der Waals surface area (Å²) in [4.78, 5) is 17.0. The summed E-state index contributed by atoms with van der Waals surface area (Å²) in [6.07, 6.45) is 2.86. The predicted molar refractivity (Wildman–Crippen MR) is 81.4 cm³/mol. The van der Waals surface area contributed by atoms with Gasteiger partial charge in [0.2, 0.25) is 5.91 Å². The minimum atomic E-state index is 0.163. The van der Waals surface area contributed by atoms with Gasteiger partial charge in [-0.1, -0.05) is 6.92 Å². The van der Waals surface area contributed by atoms with E-state index in [2.05, 4.69) is 36.1 Å². The number of nitrogens with zero attached hydrogens (tertiary/aromatic N) is 2. The Kier molecular flexibility index (Phi) is 5.41. The predicted octanol–water partition coefficient (Wildman–Crippen LogP) is 0.112. The highest BCUT2D eigenvalue weighted by Gasteiger charge is 2.30. The van der Waals surface area contributed by atoms with E-state index < -0.39 is 0 Å². The first-order valence-corrected chi connectivity index (χ1v) is 7.89. The SMILES string of the molecule is CC1CC(C(=O)NCC2CN(C)CCN2C)CCC1N. The van der Waals surface area contributed by atoms with Crippen LogP contribution in [0.2, 0.25) is 0 Å². The van der Waals surface area contributed by atoms with E-state index in [9.17, 15) is 4.79 Å². The number of hydrogen-bond donors (Lipinski definition) is 2. The van der Waals surface area contributed by atoms with Crippen LogP contribution in [0, 0.1) is 11.8 Å². The lowest BCUT2D eigenvalue weighted by Crippen LogP contribution is -2.55. The van der Waals surface area contributed by atoms with E-state index in [1.807, 2.05) is 0 Å². The second-order valence-electron chi connectivity index (χ2n) is 6.79. The summed E-state index contributed by atoms with van der Waals surface area (Å²) in [7, 11) is 4.29. The molecular weight excluding hydrogens is 252 g/mol. The summed E-state index contributed by atoms with van der Waals surface area (Å²) < 4.78 is 0. The molecule has 1 aliphatic heterocycles. The highest BCUT2D eigenvalue weighted by atomic mass is 16.1. The summed E-state index contributed by atoms with van der Waals surface area (Å²) in [5.74, 6) is 0.852. The van der Waals surface area contributed by atoms with Gasteiger partial charge in [-0.3, -0.25) is 9.69 Å². The van der Waals surface area contributed by atoms with Gasteiger partial charge in [-0.05, 0) is 39.3 Å². The molecule has 0 aromatic heterocycles. The summed E-state index contributed by atoms with van der Waals surface area (Å²) in [5.41, 5.74) is 6.02. The molecule has 1 saturated heterocycles. The van der Waals surface area contributed by atoms with Gasteiger partial charge in [0.1, 0.15) is 0 Å². The van der Waals surface area contributed by atoms with E-state index in [1.54, 1.807) is 0 Å². The Labute approximate surface area is 122 Å². The fourth-order valence-corrected chi connectivity index (χ4v) is 3.34. The second kappa shape index (κ2) is 6.87. The van der Waals surface area contributed by atoms with Gasteiger partial charge in [0.15, 0.2) is 0 Å². The van der Waals surface area contributed by atoms with Gasteiger partial charge in [-0.2, -0.15) is 0 Å². The highest BCUT2D eigenvalue weighted by molar-refractivity contribution is 5.78. The van der Waals surface area contributed by atoms with Crippen LogP contribution in [0.3, 0.4) is 0 Å². The molecule has 0 aromatic rings. The maximum Gasteiger partial charge on any atom is 0.223 e. The summed E-state index contributed by atoms with van der Waals surface area (Å²) >= 11 is 0.